The Hall–Kier alpha value is -1.88. The van der Waals surface area contributed by atoms with Crippen molar-refractivity contribution in [2.75, 3.05) is 26.3 Å². The highest BCUT2D eigenvalue weighted by atomic mass is 16.5. The van der Waals surface area contributed by atoms with Crippen molar-refractivity contribution in [2.24, 2.45) is 11.8 Å². The molecular weight excluding hydrogens is 294 g/mol. The van der Waals surface area contributed by atoms with E-state index in [4.69, 9.17) is 4.74 Å². The van der Waals surface area contributed by atoms with Gasteiger partial charge in [0.05, 0.1) is 5.92 Å². The normalized spacial score (nSPS) is 25.5. The Balaban J connectivity index is 1.79. The Kier molecular flexibility index (Phi) is 4.66. The molecule has 3 rings (SSSR count). The maximum absolute atomic E-state index is 12.7. The molecule has 2 aliphatic rings. The van der Waals surface area contributed by atoms with Crippen molar-refractivity contribution in [3.05, 3.63) is 35.4 Å². The summed E-state index contributed by atoms with van der Waals surface area (Å²) in [5.41, 5.74) is 2.13. The second kappa shape index (κ2) is 6.71. The van der Waals surface area contributed by atoms with E-state index in [-0.39, 0.29) is 17.7 Å². The SMILES string of the molecule is Cc1ccccc1C1CN(C(=O)C2CCOCC2)CC1C(=O)O. The van der Waals surface area contributed by atoms with E-state index in [0.29, 0.717) is 26.3 Å². The first-order valence-corrected chi connectivity index (χ1v) is 8.22. The van der Waals surface area contributed by atoms with Crippen molar-refractivity contribution in [3.8, 4) is 0 Å². The van der Waals surface area contributed by atoms with Gasteiger partial charge < -0.3 is 14.7 Å². The van der Waals surface area contributed by atoms with Crippen molar-refractivity contribution in [3.63, 3.8) is 0 Å². The minimum absolute atomic E-state index is 0.0196. The molecule has 5 nitrogen and oxygen atoms in total. The minimum Gasteiger partial charge on any atom is -0.481 e. The summed E-state index contributed by atoms with van der Waals surface area (Å²) in [6.07, 6.45) is 1.48. The number of aryl methyl sites for hydroxylation is 1. The number of benzene rings is 1. The number of likely N-dealkylation sites (tertiary alicyclic amines) is 1. The summed E-state index contributed by atoms with van der Waals surface area (Å²) < 4.78 is 5.31. The average Bonchev–Trinajstić information content (AvgIpc) is 3.01. The first kappa shape index (κ1) is 16.0. The summed E-state index contributed by atoms with van der Waals surface area (Å²) in [4.78, 5) is 26.1. The van der Waals surface area contributed by atoms with Crippen LogP contribution < -0.4 is 0 Å². The smallest absolute Gasteiger partial charge is 0.308 e. The van der Waals surface area contributed by atoms with Crippen molar-refractivity contribution in [2.45, 2.75) is 25.7 Å². The lowest BCUT2D eigenvalue weighted by molar-refractivity contribution is -0.142. The second-order valence-corrected chi connectivity index (χ2v) is 6.54. The molecule has 0 radical (unpaired) electrons. The fourth-order valence-electron chi connectivity index (χ4n) is 3.75. The molecule has 5 heteroatoms. The molecule has 1 amide bonds. The lowest BCUT2D eigenvalue weighted by Gasteiger charge is -2.26. The molecule has 0 aliphatic carbocycles. The lowest BCUT2D eigenvalue weighted by Crippen LogP contribution is -2.37. The number of ether oxygens (including phenoxy) is 1. The number of hydrogen-bond acceptors (Lipinski definition) is 3. The van der Waals surface area contributed by atoms with E-state index < -0.39 is 11.9 Å². The van der Waals surface area contributed by atoms with Gasteiger partial charge in [0.1, 0.15) is 0 Å². The zero-order chi connectivity index (χ0) is 16.4. The van der Waals surface area contributed by atoms with Crippen molar-refractivity contribution in [1.82, 2.24) is 4.90 Å². The molecule has 2 aliphatic heterocycles. The molecule has 0 saturated carbocycles. The molecule has 2 fully saturated rings. The third-order valence-electron chi connectivity index (χ3n) is 5.11. The molecule has 0 spiro atoms. The van der Waals surface area contributed by atoms with Crippen LogP contribution in [0.1, 0.15) is 29.9 Å². The molecule has 23 heavy (non-hydrogen) atoms. The number of hydrogen-bond donors (Lipinski definition) is 1. The van der Waals surface area contributed by atoms with Gasteiger partial charge in [-0.1, -0.05) is 24.3 Å². The first-order chi connectivity index (χ1) is 11.1. The van der Waals surface area contributed by atoms with Crippen LogP contribution in [0.4, 0.5) is 0 Å². The summed E-state index contributed by atoms with van der Waals surface area (Å²) in [5.74, 6) is -1.40. The summed E-state index contributed by atoms with van der Waals surface area (Å²) in [7, 11) is 0. The summed E-state index contributed by atoms with van der Waals surface area (Å²) >= 11 is 0. The van der Waals surface area contributed by atoms with Crippen LogP contribution in [-0.4, -0.2) is 48.2 Å². The predicted molar refractivity (Wildman–Crippen MR) is 85.2 cm³/mol. The maximum Gasteiger partial charge on any atom is 0.308 e. The molecule has 2 saturated heterocycles. The van der Waals surface area contributed by atoms with Gasteiger partial charge in [0.25, 0.3) is 0 Å². The van der Waals surface area contributed by atoms with Gasteiger partial charge in [-0.2, -0.15) is 0 Å². The van der Waals surface area contributed by atoms with Gasteiger partial charge in [-0.15, -0.1) is 0 Å². The molecule has 124 valence electrons. The summed E-state index contributed by atoms with van der Waals surface area (Å²) in [5, 5.41) is 9.59. The van der Waals surface area contributed by atoms with Gasteiger partial charge in [0, 0.05) is 38.1 Å². The molecular formula is C18H23NO4. The van der Waals surface area contributed by atoms with Crippen LogP contribution in [0.2, 0.25) is 0 Å². The van der Waals surface area contributed by atoms with Crippen LogP contribution in [0.15, 0.2) is 24.3 Å². The molecule has 0 bridgehead atoms. The van der Waals surface area contributed by atoms with E-state index in [1.165, 1.54) is 0 Å². The van der Waals surface area contributed by atoms with Gasteiger partial charge >= 0.3 is 5.97 Å². The van der Waals surface area contributed by atoms with E-state index in [2.05, 4.69) is 0 Å². The number of carbonyl (C=O) groups excluding carboxylic acids is 1. The van der Waals surface area contributed by atoms with Crippen LogP contribution >= 0.6 is 0 Å². The second-order valence-electron chi connectivity index (χ2n) is 6.54. The zero-order valence-electron chi connectivity index (χ0n) is 13.4. The zero-order valence-corrected chi connectivity index (χ0v) is 13.4. The maximum atomic E-state index is 12.7. The van der Waals surface area contributed by atoms with Crippen LogP contribution in [0.25, 0.3) is 0 Å². The molecule has 0 aromatic heterocycles. The topological polar surface area (TPSA) is 66.8 Å². The number of carboxylic acid groups (broad SMARTS) is 1. The summed E-state index contributed by atoms with van der Waals surface area (Å²) in [6, 6.07) is 7.87. The van der Waals surface area contributed by atoms with Crippen molar-refractivity contribution in [1.29, 1.82) is 0 Å². The van der Waals surface area contributed by atoms with Crippen LogP contribution in [-0.2, 0) is 14.3 Å². The molecule has 2 atom stereocenters. The van der Waals surface area contributed by atoms with E-state index in [1.807, 2.05) is 31.2 Å². The van der Waals surface area contributed by atoms with E-state index in [0.717, 1.165) is 24.0 Å². The summed E-state index contributed by atoms with van der Waals surface area (Å²) in [6.45, 7) is 4.04. The Morgan fingerprint density at radius 1 is 1.17 bits per heavy atom. The lowest BCUT2D eigenvalue weighted by atomic mass is 9.86. The standard InChI is InChI=1S/C18H23NO4/c1-12-4-2-3-5-14(12)15-10-19(11-16(15)18(21)22)17(20)13-6-8-23-9-7-13/h2-5,13,15-16H,6-11H2,1H3,(H,21,22). The highest BCUT2D eigenvalue weighted by molar-refractivity contribution is 5.81. The average molecular weight is 317 g/mol. The van der Waals surface area contributed by atoms with Gasteiger partial charge in [0.2, 0.25) is 5.91 Å². The van der Waals surface area contributed by atoms with Gasteiger partial charge in [-0.05, 0) is 30.9 Å². The van der Waals surface area contributed by atoms with Crippen LogP contribution in [0, 0.1) is 18.8 Å². The van der Waals surface area contributed by atoms with Gasteiger partial charge in [-0.25, -0.2) is 0 Å². The number of rotatable bonds is 3. The molecule has 1 aromatic rings. The Morgan fingerprint density at radius 3 is 2.52 bits per heavy atom. The van der Waals surface area contributed by atoms with Gasteiger partial charge in [0.15, 0.2) is 0 Å². The quantitative estimate of drug-likeness (QED) is 0.926. The Bertz CT molecular complexity index is 594. The Labute approximate surface area is 136 Å². The van der Waals surface area contributed by atoms with Crippen molar-refractivity contribution < 1.29 is 19.4 Å². The first-order valence-electron chi connectivity index (χ1n) is 8.22. The number of carboxylic acids is 1. The third kappa shape index (κ3) is 3.24. The predicted octanol–water partition coefficient (Wildman–Crippen LogP) is 2.05. The van der Waals surface area contributed by atoms with E-state index in [1.54, 1.807) is 4.90 Å². The fourth-order valence-corrected chi connectivity index (χ4v) is 3.75. The monoisotopic (exact) mass is 317 g/mol. The molecule has 2 unspecified atom stereocenters. The third-order valence-corrected chi connectivity index (χ3v) is 5.11. The van der Waals surface area contributed by atoms with E-state index >= 15 is 0 Å². The molecule has 1 N–H and O–H groups in total. The number of amides is 1. The van der Waals surface area contributed by atoms with Crippen molar-refractivity contribution >= 4 is 11.9 Å². The largest absolute Gasteiger partial charge is 0.481 e. The highest BCUT2D eigenvalue weighted by Gasteiger charge is 2.42. The van der Waals surface area contributed by atoms with Crippen LogP contribution in [0.5, 0.6) is 0 Å². The number of carbonyl (C=O) groups is 2. The van der Waals surface area contributed by atoms with Gasteiger partial charge in [-0.3, -0.25) is 9.59 Å². The van der Waals surface area contributed by atoms with E-state index in [9.17, 15) is 14.7 Å². The number of nitrogens with zero attached hydrogens (tertiary/aromatic N) is 1. The minimum atomic E-state index is -0.819. The number of aliphatic carboxylic acids is 1. The Morgan fingerprint density at radius 2 is 1.87 bits per heavy atom. The fraction of sp³-hybridized carbons (Fsp3) is 0.556. The molecule has 2 heterocycles. The highest BCUT2D eigenvalue weighted by Crippen LogP contribution is 2.35. The van der Waals surface area contributed by atoms with Crippen LogP contribution in [0.3, 0.4) is 0 Å². The molecule has 1 aromatic carbocycles.